The Morgan fingerprint density at radius 1 is 1.69 bits per heavy atom. The number of nitrogens with one attached hydrogen (secondary N) is 1. The molecule has 0 aliphatic rings. The number of nitro groups is 1. The average molecular weight is 228 g/mol. The van der Waals surface area contributed by atoms with Crippen LogP contribution in [0.2, 0.25) is 0 Å². The Hall–Kier alpha value is -1.63. The number of ether oxygens (including phenoxy) is 1. The van der Waals surface area contributed by atoms with Gasteiger partial charge in [-0.1, -0.05) is 0 Å². The Balaban J connectivity index is 2.77. The van der Waals surface area contributed by atoms with E-state index >= 15 is 0 Å². The smallest absolute Gasteiger partial charge is 0.330 e. The van der Waals surface area contributed by atoms with E-state index in [0.29, 0.717) is 6.54 Å². The largest absolute Gasteiger partial charge is 0.377 e. The van der Waals surface area contributed by atoms with Crippen molar-refractivity contribution in [2.45, 2.75) is 19.4 Å². The quantitative estimate of drug-likeness (QED) is 0.604. The van der Waals surface area contributed by atoms with Gasteiger partial charge in [-0.15, -0.1) is 5.10 Å². The number of rotatable bonds is 5. The molecular formula is C9H16N4O3. The van der Waals surface area contributed by atoms with E-state index in [1.54, 1.807) is 14.2 Å². The third-order valence-electron chi connectivity index (χ3n) is 2.24. The van der Waals surface area contributed by atoms with Crippen molar-refractivity contribution in [3.8, 4) is 0 Å². The monoisotopic (exact) mass is 228 g/mol. The van der Waals surface area contributed by atoms with Gasteiger partial charge in [-0.3, -0.25) is 14.8 Å². The molecule has 7 heteroatoms. The molecule has 1 rings (SSSR count). The Morgan fingerprint density at radius 2 is 2.31 bits per heavy atom. The zero-order chi connectivity index (χ0) is 12.3. The minimum atomic E-state index is -0.463. The van der Waals surface area contributed by atoms with Crippen molar-refractivity contribution in [1.82, 2.24) is 9.78 Å². The fourth-order valence-corrected chi connectivity index (χ4v) is 1.10. The van der Waals surface area contributed by atoms with E-state index in [1.807, 2.05) is 13.8 Å². The van der Waals surface area contributed by atoms with Crippen molar-refractivity contribution in [1.29, 1.82) is 0 Å². The van der Waals surface area contributed by atoms with E-state index < -0.39 is 10.5 Å². The summed E-state index contributed by atoms with van der Waals surface area (Å²) < 4.78 is 6.60. The van der Waals surface area contributed by atoms with Gasteiger partial charge in [0, 0.05) is 20.7 Å². The third kappa shape index (κ3) is 2.93. The van der Waals surface area contributed by atoms with E-state index in [9.17, 15) is 10.1 Å². The third-order valence-corrected chi connectivity index (χ3v) is 2.24. The van der Waals surface area contributed by atoms with Crippen LogP contribution in [0, 0.1) is 10.1 Å². The maximum absolute atomic E-state index is 10.7. The molecule has 0 amide bonds. The first-order chi connectivity index (χ1) is 7.35. The summed E-state index contributed by atoms with van der Waals surface area (Å²) >= 11 is 0. The van der Waals surface area contributed by atoms with Crippen LogP contribution in [0.15, 0.2) is 6.20 Å². The fraction of sp³-hybridized carbons (Fsp3) is 0.667. The van der Waals surface area contributed by atoms with Gasteiger partial charge in [0.25, 0.3) is 0 Å². The molecule has 90 valence electrons. The number of hydrogen-bond acceptors (Lipinski definition) is 5. The van der Waals surface area contributed by atoms with Gasteiger partial charge >= 0.3 is 5.69 Å². The van der Waals surface area contributed by atoms with Crippen molar-refractivity contribution in [2.75, 3.05) is 19.0 Å². The molecule has 0 aliphatic carbocycles. The lowest BCUT2D eigenvalue weighted by molar-refractivity contribution is -0.384. The van der Waals surface area contributed by atoms with Crippen LogP contribution in [-0.2, 0) is 11.8 Å². The van der Waals surface area contributed by atoms with Gasteiger partial charge in [-0.05, 0) is 13.8 Å². The van der Waals surface area contributed by atoms with Crippen molar-refractivity contribution in [3.05, 3.63) is 16.3 Å². The van der Waals surface area contributed by atoms with E-state index in [2.05, 4.69) is 10.4 Å². The first-order valence-corrected chi connectivity index (χ1v) is 4.83. The maximum Gasteiger partial charge on any atom is 0.330 e. The van der Waals surface area contributed by atoms with Gasteiger partial charge in [0.1, 0.15) is 6.20 Å². The topological polar surface area (TPSA) is 82.2 Å². The molecule has 1 N–H and O–H groups in total. The van der Waals surface area contributed by atoms with Crippen LogP contribution in [0.25, 0.3) is 0 Å². The predicted molar refractivity (Wildman–Crippen MR) is 59.4 cm³/mol. The van der Waals surface area contributed by atoms with E-state index in [1.165, 1.54) is 10.9 Å². The van der Waals surface area contributed by atoms with Crippen molar-refractivity contribution >= 4 is 11.5 Å². The lowest BCUT2D eigenvalue weighted by Gasteiger charge is -2.22. The van der Waals surface area contributed by atoms with Crippen LogP contribution in [0.3, 0.4) is 0 Å². The first-order valence-electron chi connectivity index (χ1n) is 4.83. The standard InChI is InChI=1S/C9H16N4O3/c1-9(2,16-4)6-10-8-7(13(14)15)5-12(3)11-8/h5H,6H2,1-4H3,(H,10,11). The highest BCUT2D eigenvalue weighted by Gasteiger charge is 2.22. The molecule has 1 aromatic heterocycles. The zero-order valence-electron chi connectivity index (χ0n) is 9.85. The summed E-state index contributed by atoms with van der Waals surface area (Å²) in [4.78, 5) is 10.2. The number of aryl methyl sites for hydroxylation is 1. The molecule has 0 aliphatic heterocycles. The van der Waals surface area contributed by atoms with Crippen LogP contribution in [-0.4, -0.2) is 34.0 Å². The second-order valence-electron chi connectivity index (χ2n) is 4.11. The minimum absolute atomic E-state index is 0.0330. The van der Waals surface area contributed by atoms with Crippen molar-refractivity contribution in [3.63, 3.8) is 0 Å². The second-order valence-corrected chi connectivity index (χ2v) is 4.11. The highest BCUT2D eigenvalue weighted by molar-refractivity contribution is 5.54. The molecule has 0 bridgehead atoms. The van der Waals surface area contributed by atoms with Gasteiger partial charge in [0.05, 0.1) is 10.5 Å². The van der Waals surface area contributed by atoms with Crippen LogP contribution in [0.1, 0.15) is 13.8 Å². The summed E-state index contributed by atoms with van der Waals surface area (Å²) in [6.45, 7) is 4.21. The molecule has 0 aromatic carbocycles. The molecule has 0 unspecified atom stereocenters. The number of anilines is 1. The Morgan fingerprint density at radius 3 is 2.81 bits per heavy atom. The molecule has 0 saturated heterocycles. The molecule has 1 heterocycles. The van der Waals surface area contributed by atoms with Gasteiger partial charge in [-0.2, -0.15) is 0 Å². The molecule has 7 nitrogen and oxygen atoms in total. The van der Waals surface area contributed by atoms with Crippen LogP contribution in [0.4, 0.5) is 11.5 Å². The van der Waals surface area contributed by atoms with Gasteiger partial charge in [-0.25, -0.2) is 0 Å². The molecule has 0 radical (unpaired) electrons. The summed E-state index contributed by atoms with van der Waals surface area (Å²) in [5.41, 5.74) is -0.430. The zero-order valence-corrected chi connectivity index (χ0v) is 9.85. The predicted octanol–water partition coefficient (Wildman–Crippen LogP) is 1.17. The summed E-state index contributed by atoms with van der Waals surface area (Å²) in [5, 5.41) is 17.6. The van der Waals surface area contributed by atoms with Crippen LogP contribution >= 0.6 is 0 Å². The normalized spacial score (nSPS) is 11.5. The van der Waals surface area contributed by atoms with E-state index in [0.717, 1.165) is 0 Å². The fourth-order valence-electron chi connectivity index (χ4n) is 1.10. The molecular weight excluding hydrogens is 212 g/mol. The Labute approximate surface area is 93.5 Å². The van der Waals surface area contributed by atoms with Gasteiger partial charge < -0.3 is 10.1 Å². The summed E-state index contributed by atoms with van der Waals surface area (Å²) in [7, 11) is 3.23. The van der Waals surface area contributed by atoms with Crippen molar-refractivity contribution in [2.24, 2.45) is 7.05 Å². The number of aromatic nitrogens is 2. The summed E-state index contributed by atoms with van der Waals surface area (Å²) in [6.07, 6.45) is 1.36. The van der Waals surface area contributed by atoms with Crippen LogP contribution < -0.4 is 5.32 Å². The SMILES string of the molecule is COC(C)(C)CNc1nn(C)cc1[N+](=O)[O-]. The van der Waals surface area contributed by atoms with E-state index in [4.69, 9.17) is 4.74 Å². The minimum Gasteiger partial charge on any atom is -0.377 e. The van der Waals surface area contributed by atoms with Crippen LogP contribution in [0.5, 0.6) is 0 Å². The summed E-state index contributed by atoms with van der Waals surface area (Å²) in [6, 6.07) is 0. The van der Waals surface area contributed by atoms with Gasteiger partial charge in [0.15, 0.2) is 0 Å². The Kier molecular flexibility index (Phi) is 3.48. The number of methoxy groups -OCH3 is 1. The number of nitrogens with zero attached hydrogens (tertiary/aromatic N) is 3. The highest BCUT2D eigenvalue weighted by atomic mass is 16.6. The average Bonchev–Trinajstić information content (AvgIpc) is 2.57. The molecule has 16 heavy (non-hydrogen) atoms. The van der Waals surface area contributed by atoms with E-state index in [-0.39, 0.29) is 11.5 Å². The first kappa shape index (κ1) is 12.4. The maximum atomic E-state index is 10.7. The summed E-state index contributed by atoms with van der Waals surface area (Å²) in [5.74, 6) is 0.262. The molecule has 0 saturated carbocycles. The molecule has 0 spiro atoms. The molecule has 1 aromatic rings. The second kappa shape index (κ2) is 4.48. The van der Waals surface area contributed by atoms with Crippen molar-refractivity contribution < 1.29 is 9.66 Å². The lowest BCUT2D eigenvalue weighted by atomic mass is 10.1. The van der Waals surface area contributed by atoms with Gasteiger partial charge in [0.2, 0.25) is 5.82 Å². The molecule has 0 fully saturated rings. The number of hydrogen-bond donors (Lipinski definition) is 1. The Bertz CT molecular complexity index is 386. The molecule has 0 atom stereocenters. The highest BCUT2D eigenvalue weighted by Crippen LogP contribution is 2.22. The lowest BCUT2D eigenvalue weighted by Crippen LogP contribution is -2.32.